The normalized spacial score (nSPS) is 22.8. The first-order chi connectivity index (χ1) is 9.17. The highest BCUT2D eigenvalue weighted by molar-refractivity contribution is 5.89. The zero-order chi connectivity index (χ0) is 13.7. The lowest BCUT2D eigenvalue weighted by molar-refractivity contribution is 0.176. The third-order valence-corrected chi connectivity index (χ3v) is 3.59. The molecule has 0 unspecified atom stereocenters. The van der Waals surface area contributed by atoms with Crippen molar-refractivity contribution in [2.45, 2.75) is 38.6 Å². The highest BCUT2D eigenvalue weighted by Gasteiger charge is 2.21. The van der Waals surface area contributed by atoms with Crippen molar-refractivity contribution in [3.63, 3.8) is 0 Å². The molecule has 1 aliphatic rings. The van der Waals surface area contributed by atoms with Gasteiger partial charge < -0.3 is 15.7 Å². The Labute approximate surface area is 113 Å². The lowest BCUT2D eigenvalue weighted by Gasteiger charge is -2.27. The van der Waals surface area contributed by atoms with Crippen molar-refractivity contribution in [2.24, 2.45) is 5.92 Å². The summed E-state index contributed by atoms with van der Waals surface area (Å²) in [6, 6.07) is 3.65. The predicted octanol–water partition coefficient (Wildman–Crippen LogP) is 2.06. The van der Waals surface area contributed by atoms with Crippen LogP contribution in [0.4, 0.5) is 10.5 Å². The number of carbonyl (C=O) groups is 1. The number of urea groups is 1. The van der Waals surface area contributed by atoms with E-state index in [1.165, 1.54) is 0 Å². The molecule has 3 N–H and O–H groups in total. The van der Waals surface area contributed by atoms with Crippen LogP contribution < -0.4 is 10.6 Å². The quantitative estimate of drug-likeness (QED) is 0.781. The summed E-state index contributed by atoms with van der Waals surface area (Å²) in [5.41, 5.74) is 1.63. The standard InChI is InChI=1S/C14H21N3O2/c1-10-8-13(6-7-15-10)17-14(19)16-12-4-2-11(9-18)3-5-12/h6-8,11-12,18H,2-5,9H2,1H3,(H2,15,16,17,19). The Morgan fingerprint density at radius 3 is 2.79 bits per heavy atom. The van der Waals surface area contributed by atoms with Gasteiger partial charge in [0.2, 0.25) is 0 Å². The Morgan fingerprint density at radius 1 is 1.42 bits per heavy atom. The Morgan fingerprint density at radius 2 is 2.16 bits per heavy atom. The third-order valence-electron chi connectivity index (χ3n) is 3.59. The molecule has 1 fully saturated rings. The summed E-state index contributed by atoms with van der Waals surface area (Å²) in [6.45, 7) is 2.15. The van der Waals surface area contributed by atoms with Gasteiger partial charge in [0.1, 0.15) is 0 Å². The maximum absolute atomic E-state index is 11.9. The number of aryl methyl sites for hydroxylation is 1. The smallest absolute Gasteiger partial charge is 0.319 e. The minimum atomic E-state index is -0.168. The molecule has 0 atom stereocenters. The van der Waals surface area contributed by atoms with Crippen molar-refractivity contribution in [3.05, 3.63) is 24.0 Å². The highest BCUT2D eigenvalue weighted by atomic mass is 16.3. The molecule has 1 aromatic rings. The number of anilines is 1. The number of aliphatic hydroxyl groups excluding tert-OH is 1. The summed E-state index contributed by atoms with van der Waals surface area (Å²) < 4.78 is 0. The first-order valence-corrected chi connectivity index (χ1v) is 6.78. The molecule has 1 saturated carbocycles. The monoisotopic (exact) mass is 263 g/mol. The van der Waals surface area contributed by atoms with Gasteiger partial charge in [-0.05, 0) is 50.7 Å². The minimum absolute atomic E-state index is 0.168. The van der Waals surface area contributed by atoms with E-state index in [0.717, 1.165) is 37.1 Å². The number of carbonyl (C=O) groups excluding carboxylic acids is 1. The molecule has 0 aromatic carbocycles. The fourth-order valence-corrected chi connectivity index (χ4v) is 2.47. The maximum Gasteiger partial charge on any atom is 0.319 e. The first kappa shape index (κ1) is 13.8. The topological polar surface area (TPSA) is 74.2 Å². The van der Waals surface area contributed by atoms with Crippen molar-refractivity contribution in [1.29, 1.82) is 0 Å². The van der Waals surface area contributed by atoms with E-state index in [4.69, 9.17) is 5.11 Å². The molecule has 2 rings (SSSR count). The van der Waals surface area contributed by atoms with Gasteiger partial charge in [0, 0.05) is 30.2 Å². The van der Waals surface area contributed by atoms with Gasteiger partial charge in [-0.1, -0.05) is 0 Å². The van der Waals surface area contributed by atoms with E-state index < -0.39 is 0 Å². The third kappa shape index (κ3) is 4.21. The Bertz CT molecular complexity index is 428. The number of pyridine rings is 1. The van der Waals surface area contributed by atoms with Crippen LogP contribution in [0, 0.1) is 12.8 Å². The van der Waals surface area contributed by atoms with Gasteiger partial charge in [0.15, 0.2) is 0 Å². The fraction of sp³-hybridized carbons (Fsp3) is 0.571. The number of nitrogens with zero attached hydrogens (tertiary/aromatic N) is 1. The Hall–Kier alpha value is -1.62. The predicted molar refractivity (Wildman–Crippen MR) is 74.0 cm³/mol. The van der Waals surface area contributed by atoms with E-state index in [1.54, 1.807) is 12.3 Å². The van der Waals surface area contributed by atoms with Gasteiger partial charge in [-0.3, -0.25) is 4.98 Å². The molecule has 0 saturated heterocycles. The molecular formula is C14H21N3O2. The fourth-order valence-electron chi connectivity index (χ4n) is 2.47. The summed E-state index contributed by atoms with van der Waals surface area (Å²) in [5.74, 6) is 0.406. The summed E-state index contributed by atoms with van der Waals surface area (Å²) >= 11 is 0. The molecular weight excluding hydrogens is 242 g/mol. The van der Waals surface area contributed by atoms with Crippen LogP contribution in [0.2, 0.25) is 0 Å². The average molecular weight is 263 g/mol. The van der Waals surface area contributed by atoms with Crippen LogP contribution >= 0.6 is 0 Å². The van der Waals surface area contributed by atoms with Gasteiger partial charge in [-0.2, -0.15) is 0 Å². The molecule has 0 spiro atoms. The van der Waals surface area contributed by atoms with Crippen molar-refractivity contribution in [2.75, 3.05) is 11.9 Å². The minimum Gasteiger partial charge on any atom is -0.396 e. The summed E-state index contributed by atoms with van der Waals surface area (Å²) in [6.07, 6.45) is 5.52. The van der Waals surface area contributed by atoms with Gasteiger partial charge in [-0.15, -0.1) is 0 Å². The van der Waals surface area contributed by atoms with Gasteiger partial charge in [-0.25, -0.2) is 4.79 Å². The Kier molecular flexibility index (Phi) is 4.74. The second-order valence-corrected chi connectivity index (χ2v) is 5.18. The van der Waals surface area contributed by atoms with Gasteiger partial charge in [0.25, 0.3) is 0 Å². The van der Waals surface area contributed by atoms with E-state index >= 15 is 0 Å². The van der Waals surface area contributed by atoms with E-state index in [1.807, 2.05) is 13.0 Å². The molecule has 104 valence electrons. The molecule has 0 bridgehead atoms. The molecule has 0 aliphatic heterocycles. The summed E-state index contributed by atoms with van der Waals surface area (Å²) in [5, 5.41) is 14.9. The maximum atomic E-state index is 11.9. The zero-order valence-corrected chi connectivity index (χ0v) is 11.2. The first-order valence-electron chi connectivity index (χ1n) is 6.78. The van der Waals surface area contributed by atoms with Crippen molar-refractivity contribution < 1.29 is 9.90 Å². The lowest BCUT2D eigenvalue weighted by atomic mass is 9.87. The van der Waals surface area contributed by atoms with Crippen molar-refractivity contribution in [3.8, 4) is 0 Å². The zero-order valence-electron chi connectivity index (χ0n) is 11.2. The second kappa shape index (κ2) is 6.52. The molecule has 5 heteroatoms. The van der Waals surface area contributed by atoms with Crippen LogP contribution in [0.1, 0.15) is 31.4 Å². The Balaban J connectivity index is 1.79. The molecule has 5 nitrogen and oxygen atoms in total. The van der Waals surface area contributed by atoms with Crippen LogP contribution in [-0.2, 0) is 0 Å². The highest BCUT2D eigenvalue weighted by Crippen LogP contribution is 2.23. The summed E-state index contributed by atoms with van der Waals surface area (Å²) in [4.78, 5) is 15.9. The number of nitrogens with one attached hydrogen (secondary N) is 2. The number of rotatable bonds is 3. The van der Waals surface area contributed by atoms with Crippen molar-refractivity contribution in [1.82, 2.24) is 10.3 Å². The molecule has 1 aliphatic carbocycles. The largest absolute Gasteiger partial charge is 0.396 e. The van der Waals surface area contributed by atoms with E-state index in [9.17, 15) is 4.79 Å². The van der Waals surface area contributed by atoms with Gasteiger partial charge in [0.05, 0.1) is 0 Å². The van der Waals surface area contributed by atoms with Crippen LogP contribution in [0.5, 0.6) is 0 Å². The number of amides is 2. The van der Waals surface area contributed by atoms with E-state index in [-0.39, 0.29) is 18.7 Å². The molecule has 0 radical (unpaired) electrons. The average Bonchev–Trinajstić information content (AvgIpc) is 2.39. The number of hydrogen-bond donors (Lipinski definition) is 3. The summed E-state index contributed by atoms with van der Waals surface area (Å²) in [7, 11) is 0. The van der Waals surface area contributed by atoms with E-state index in [2.05, 4.69) is 15.6 Å². The number of aromatic nitrogens is 1. The molecule has 2 amide bonds. The SMILES string of the molecule is Cc1cc(NC(=O)NC2CCC(CO)CC2)ccn1. The van der Waals surface area contributed by atoms with E-state index in [0.29, 0.717) is 5.92 Å². The number of aliphatic hydroxyl groups is 1. The molecule has 1 heterocycles. The van der Waals surface area contributed by atoms with Crippen LogP contribution in [0.25, 0.3) is 0 Å². The van der Waals surface area contributed by atoms with Crippen LogP contribution in [0.3, 0.4) is 0 Å². The van der Waals surface area contributed by atoms with Crippen LogP contribution in [0.15, 0.2) is 18.3 Å². The number of hydrogen-bond acceptors (Lipinski definition) is 3. The molecule has 19 heavy (non-hydrogen) atoms. The van der Waals surface area contributed by atoms with Gasteiger partial charge >= 0.3 is 6.03 Å². The molecule has 1 aromatic heterocycles. The van der Waals surface area contributed by atoms with Crippen molar-refractivity contribution >= 4 is 11.7 Å². The van der Waals surface area contributed by atoms with Crippen LogP contribution in [-0.4, -0.2) is 28.8 Å². The second-order valence-electron chi connectivity index (χ2n) is 5.18. The lowest BCUT2D eigenvalue weighted by Crippen LogP contribution is -2.40.